The molecule has 1 fully saturated rings. The zero-order chi connectivity index (χ0) is 13.6. The van der Waals surface area contributed by atoms with E-state index < -0.39 is 31.0 Å². The second-order valence-electron chi connectivity index (χ2n) is 5.75. The van der Waals surface area contributed by atoms with Gasteiger partial charge in [0.1, 0.15) is 0 Å². The molecule has 0 radical (unpaired) electrons. The van der Waals surface area contributed by atoms with Gasteiger partial charge in [0, 0.05) is 10.8 Å². The molecule has 0 bridgehead atoms. The summed E-state index contributed by atoms with van der Waals surface area (Å²) in [5, 5.41) is 10.3. The first-order valence-electron chi connectivity index (χ1n) is 5.46. The predicted molar refractivity (Wildman–Crippen MR) is 61.0 cm³/mol. The molecule has 0 spiro atoms. The molecule has 0 amide bonds. The van der Waals surface area contributed by atoms with Gasteiger partial charge in [0.15, 0.2) is 6.29 Å². The van der Waals surface area contributed by atoms with Gasteiger partial charge in [-0.2, -0.15) is 0 Å². The molecule has 3 N–H and O–H groups in total. The van der Waals surface area contributed by atoms with Crippen molar-refractivity contribution in [3.05, 3.63) is 0 Å². The maximum absolute atomic E-state index is 10.9. The molecular weight excluding hydrogens is 247 g/mol. The number of ether oxygens (including phenoxy) is 1. The van der Waals surface area contributed by atoms with E-state index in [4.69, 9.17) is 14.5 Å². The van der Waals surface area contributed by atoms with Crippen molar-refractivity contribution in [2.45, 2.75) is 53.1 Å². The fraction of sp³-hybridized carbons (Fsp3) is 1.00. The van der Waals surface area contributed by atoms with E-state index in [2.05, 4.69) is 4.52 Å². The van der Waals surface area contributed by atoms with Crippen LogP contribution >= 0.6 is 7.82 Å². The smallest absolute Gasteiger partial charge is 0.392 e. The molecule has 1 aliphatic rings. The molecule has 0 aromatic carbocycles. The molecule has 7 heteroatoms. The number of aliphatic hydroxyl groups excluding tert-OH is 1. The van der Waals surface area contributed by atoms with Crippen LogP contribution in [0.3, 0.4) is 0 Å². The minimum atomic E-state index is -4.65. The van der Waals surface area contributed by atoms with Gasteiger partial charge in [-0.1, -0.05) is 27.7 Å². The molecule has 1 unspecified atom stereocenters. The van der Waals surface area contributed by atoms with Gasteiger partial charge in [0.25, 0.3) is 0 Å². The highest BCUT2D eigenvalue weighted by Crippen LogP contribution is 2.51. The van der Waals surface area contributed by atoms with Crippen LogP contribution < -0.4 is 0 Å². The van der Waals surface area contributed by atoms with Crippen LogP contribution in [0.4, 0.5) is 0 Å². The van der Waals surface area contributed by atoms with Crippen molar-refractivity contribution in [3.63, 3.8) is 0 Å². The Morgan fingerprint density at radius 2 is 1.65 bits per heavy atom. The Kier molecular flexibility index (Phi) is 3.81. The third-order valence-electron chi connectivity index (χ3n) is 3.63. The van der Waals surface area contributed by atoms with Crippen molar-refractivity contribution < 1.29 is 28.7 Å². The lowest BCUT2D eigenvalue weighted by Gasteiger charge is -2.52. The van der Waals surface area contributed by atoms with Crippen LogP contribution in [0.15, 0.2) is 0 Å². The zero-order valence-electron chi connectivity index (χ0n) is 10.7. The average molecular weight is 268 g/mol. The van der Waals surface area contributed by atoms with E-state index >= 15 is 0 Å². The highest BCUT2D eigenvalue weighted by Gasteiger charge is 2.55. The van der Waals surface area contributed by atoms with Crippen molar-refractivity contribution in [3.8, 4) is 0 Å². The van der Waals surface area contributed by atoms with Gasteiger partial charge in [-0.25, -0.2) is 4.57 Å². The van der Waals surface area contributed by atoms with Crippen LogP contribution in [0.5, 0.6) is 0 Å². The van der Waals surface area contributed by atoms with Crippen molar-refractivity contribution in [2.24, 2.45) is 10.8 Å². The molecule has 0 aliphatic carbocycles. The van der Waals surface area contributed by atoms with Crippen LogP contribution in [0, 0.1) is 10.8 Å². The lowest BCUT2D eigenvalue weighted by Crippen LogP contribution is -2.60. The summed E-state index contributed by atoms with van der Waals surface area (Å²) in [6.45, 7) is 8.75. The Labute approximate surface area is 101 Å². The summed E-state index contributed by atoms with van der Waals surface area (Å²) >= 11 is 0. The lowest BCUT2D eigenvalue weighted by atomic mass is 9.67. The second kappa shape index (κ2) is 4.30. The van der Waals surface area contributed by atoms with Crippen LogP contribution in [-0.2, 0) is 13.8 Å². The van der Waals surface area contributed by atoms with E-state index in [1.165, 1.54) is 0 Å². The van der Waals surface area contributed by atoms with Gasteiger partial charge in [0.05, 0.1) is 12.2 Å². The van der Waals surface area contributed by atoms with Gasteiger partial charge < -0.3 is 19.6 Å². The third kappa shape index (κ3) is 2.89. The number of hydrogen-bond donors (Lipinski definition) is 3. The maximum atomic E-state index is 10.9. The minimum absolute atomic E-state index is 0.373. The molecule has 102 valence electrons. The van der Waals surface area contributed by atoms with E-state index in [-0.39, 0.29) is 6.10 Å². The molecule has 1 rings (SSSR count). The van der Waals surface area contributed by atoms with Crippen LogP contribution in [0.1, 0.15) is 34.6 Å². The molecule has 0 aromatic heterocycles. The number of hydrogen-bond acceptors (Lipinski definition) is 4. The molecule has 1 saturated heterocycles. The summed E-state index contributed by atoms with van der Waals surface area (Å²) < 4.78 is 21.0. The van der Waals surface area contributed by atoms with Gasteiger partial charge in [0.2, 0.25) is 0 Å². The molecule has 0 aromatic rings. The maximum Gasteiger partial charge on any atom is 0.471 e. The zero-order valence-corrected chi connectivity index (χ0v) is 11.6. The molecule has 3 atom stereocenters. The highest BCUT2D eigenvalue weighted by atomic mass is 31.2. The van der Waals surface area contributed by atoms with Gasteiger partial charge in [-0.05, 0) is 6.92 Å². The topological polar surface area (TPSA) is 96.2 Å². The monoisotopic (exact) mass is 268 g/mol. The Hall–Kier alpha value is 0.0300. The molecule has 1 heterocycles. The average Bonchev–Trinajstić information content (AvgIpc) is 2.11. The number of phosphoric acid groups is 1. The van der Waals surface area contributed by atoms with Crippen LogP contribution in [-0.4, -0.2) is 33.4 Å². The van der Waals surface area contributed by atoms with Crippen LogP contribution in [0.2, 0.25) is 0 Å². The summed E-state index contributed by atoms with van der Waals surface area (Å²) in [7, 11) is -4.65. The first-order valence-corrected chi connectivity index (χ1v) is 6.99. The van der Waals surface area contributed by atoms with E-state index in [1.807, 2.05) is 13.8 Å². The summed E-state index contributed by atoms with van der Waals surface area (Å²) in [5.41, 5.74) is -1.42. The number of phosphoric ester groups is 1. The standard InChI is InChI=1S/C10H21O6P/c1-6-9(2,3)7(11)10(4,5)8(15-6)16-17(12,13)14/h6-8,11H,1-5H3,(H2,12,13,14)/t6?,7-,8+/m0/s1. The Morgan fingerprint density at radius 1 is 1.18 bits per heavy atom. The van der Waals surface area contributed by atoms with E-state index in [9.17, 15) is 9.67 Å². The summed E-state index contributed by atoms with van der Waals surface area (Å²) in [5.74, 6) is 0. The number of aliphatic hydroxyl groups is 1. The molecular formula is C10H21O6P. The summed E-state index contributed by atoms with van der Waals surface area (Å²) in [6, 6.07) is 0. The SMILES string of the molecule is CC1O[C@H](OP(=O)(O)O)C(C)(C)[C@@H](O)C1(C)C. The Morgan fingerprint density at radius 3 is 2.06 bits per heavy atom. The fourth-order valence-corrected chi connectivity index (χ4v) is 2.70. The van der Waals surface area contributed by atoms with Crippen LogP contribution in [0.25, 0.3) is 0 Å². The van der Waals surface area contributed by atoms with Crippen molar-refractivity contribution >= 4 is 7.82 Å². The minimum Gasteiger partial charge on any atom is -0.392 e. The molecule has 1 aliphatic heterocycles. The normalized spacial score (nSPS) is 36.8. The first kappa shape index (κ1) is 15.1. The molecule has 0 saturated carbocycles. The molecule has 6 nitrogen and oxygen atoms in total. The summed E-state index contributed by atoms with van der Waals surface area (Å²) in [4.78, 5) is 17.7. The van der Waals surface area contributed by atoms with E-state index in [0.29, 0.717) is 0 Å². The van der Waals surface area contributed by atoms with Gasteiger partial charge in [-0.3, -0.25) is 4.52 Å². The van der Waals surface area contributed by atoms with E-state index in [0.717, 1.165) is 0 Å². The van der Waals surface area contributed by atoms with Gasteiger partial charge in [-0.15, -0.1) is 0 Å². The van der Waals surface area contributed by atoms with Crippen molar-refractivity contribution in [2.75, 3.05) is 0 Å². The largest absolute Gasteiger partial charge is 0.471 e. The fourth-order valence-electron chi connectivity index (χ4n) is 2.13. The Bertz CT molecular complexity index is 334. The highest BCUT2D eigenvalue weighted by molar-refractivity contribution is 7.46. The van der Waals surface area contributed by atoms with E-state index in [1.54, 1.807) is 20.8 Å². The first-order chi connectivity index (χ1) is 7.39. The number of rotatable bonds is 2. The lowest BCUT2D eigenvalue weighted by molar-refractivity contribution is -0.291. The second-order valence-corrected chi connectivity index (χ2v) is 6.94. The van der Waals surface area contributed by atoms with Crippen molar-refractivity contribution in [1.29, 1.82) is 0 Å². The molecule has 17 heavy (non-hydrogen) atoms. The Balaban J connectivity index is 3.00. The van der Waals surface area contributed by atoms with Crippen molar-refractivity contribution in [1.82, 2.24) is 0 Å². The summed E-state index contributed by atoms with van der Waals surface area (Å²) in [6.07, 6.45) is -2.31. The quantitative estimate of drug-likeness (QED) is 0.652. The predicted octanol–water partition coefficient (Wildman–Crippen LogP) is 1.25. The van der Waals surface area contributed by atoms with Gasteiger partial charge >= 0.3 is 7.82 Å². The third-order valence-corrected chi connectivity index (χ3v) is 4.09.